The Kier molecular flexibility index (Phi) is 6.57. The number of nitrogens with zero attached hydrogens (tertiary/aromatic N) is 1. The average Bonchev–Trinajstić information content (AvgIpc) is 2.14. The van der Waals surface area contributed by atoms with E-state index >= 15 is 0 Å². The summed E-state index contributed by atoms with van der Waals surface area (Å²) in [5.74, 6) is -0.159. The van der Waals surface area contributed by atoms with Crippen molar-refractivity contribution in [3.05, 3.63) is 11.9 Å². The Labute approximate surface area is 85.3 Å². The summed E-state index contributed by atoms with van der Waals surface area (Å²) in [6, 6.07) is 0. The highest BCUT2D eigenvalue weighted by Gasteiger charge is 2.04. The zero-order chi connectivity index (χ0) is 11.0. The Balaban J connectivity index is 3.64. The summed E-state index contributed by atoms with van der Waals surface area (Å²) in [7, 11) is 5.67. The van der Waals surface area contributed by atoms with Crippen molar-refractivity contribution in [2.75, 3.05) is 34.2 Å². The molecule has 0 spiro atoms. The molecule has 0 aliphatic rings. The zero-order valence-corrected chi connectivity index (χ0v) is 9.13. The van der Waals surface area contributed by atoms with Gasteiger partial charge in [-0.3, -0.25) is 4.79 Å². The molecule has 1 amide bonds. The second-order valence-electron chi connectivity index (χ2n) is 3.24. The van der Waals surface area contributed by atoms with Gasteiger partial charge < -0.3 is 21.3 Å². The molecule has 0 atom stereocenters. The fourth-order valence-electron chi connectivity index (χ4n) is 0.965. The van der Waals surface area contributed by atoms with Crippen LogP contribution < -0.4 is 16.4 Å². The number of carbonyl (C=O) groups is 1. The fraction of sp³-hybridized carbons (Fsp3) is 0.667. The van der Waals surface area contributed by atoms with Crippen molar-refractivity contribution >= 4 is 5.91 Å². The minimum atomic E-state index is -0.159. The SMILES string of the molecule is CN/C(=C\N)C(=O)NCCCN(C)C. The van der Waals surface area contributed by atoms with Crippen LogP contribution in [0.25, 0.3) is 0 Å². The van der Waals surface area contributed by atoms with E-state index in [2.05, 4.69) is 15.5 Å². The molecule has 0 aromatic carbocycles. The zero-order valence-electron chi connectivity index (χ0n) is 9.13. The summed E-state index contributed by atoms with van der Waals surface area (Å²) in [6.45, 7) is 1.62. The van der Waals surface area contributed by atoms with Crippen LogP contribution in [-0.2, 0) is 4.79 Å². The van der Waals surface area contributed by atoms with Gasteiger partial charge in [0.05, 0.1) is 0 Å². The third-order valence-corrected chi connectivity index (χ3v) is 1.75. The quantitative estimate of drug-likeness (QED) is 0.383. The molecule has 0 radical (unpaired) electrons. The van der Waals surface area contributed by atoms with Gasteiger partial charge >= 0.3 is 0 Å². The molecular weight excluding hydrogens is 180 g/mol. The highest BCUT2D eigenvalue weighted by atomic mass is 16.2. The lowest BCUT2D eigenvalue weighted by atomic mass is 10.3. The van der Waals surface area contributed by atoms with Gasteiger partial charge in [-0.25, -0.2) is 0 Å². The van der Waals surface area contributed by atoms with E-state index in [1.54, 1.807) is 7.05 Å². The van der Waals surface area contributed by atoms with E-state index in [4.69, 9.17) is 5.73 Å². The van der Waals surface area contributed by atoms with Crippen LogP contribution in [0.2, 0.25) is 0 Å². The molecule has 0 unspecified atom stereocenters. The standard InChI is InChI=1S/C9H20N4O/c1-11-8(7-10)9(14)12-5-4-6-13(2)3/h7,11H,4-6,10H2,1-3H3,(H,12,14)/b8-7-. The lowest BCUT2D eigenvalue weighted by Crippen LogP contribution is -2.32. The lowest BCUT2D eigenvalue weighted by molar-refractivity contribution is -0.117. The molecule has 5 nitrogen and oxygen atoms in total. The molecule has 0 bridgehead atoms. The average molecular weight is 200 g/mol. The monoisotopic (exact) mass is 200 g/mol. The Morgan fingerprint density at radius 3 is 2.57 bits per heavy atom. The molecule has 82 valence electrons. The topological polar surface area (TPSA) is 70.4 Å². The number of amides is 1. The summed E-state index contributed by atoms with van der Waals surface area (Å²) in [4.78, 5) is 13.4. The predicted molar refractivity (Wildman–Crippen MR) is 57.5 cm³/mol. The van der Waals surface area contributed by atoms with Crippen molar-refractivity contribution in [3.63, 3.8) is 0 Å². The lowest BCUT2D eigenvalue weighted by Gasteiger charge is -2.10. The van der Waals surface area contributed by atoms with Crippen molar-refractivity contribution in [1.82, 2.24) is 15.5 Å². The Bertz CT molecular complexity index is 201. The van der Waals surface area contributed by atoms with E-state index in [0.717, 1.165) is 13.0 Å². The van der Waals surface area contributed by atoms with Gasteiger partial charge in [0.1, 0.15) is 5.70 Å². The number of rotatable bonds is 6. The normalized spacial score (nSPS) is 11.6. The van der Waals surface area contributed by atoms with Crippen LogP contribution in [0.4, 0.5) is 0 Å². The number of nitrogens with two attached hydrogens (primary N) is 1. The molecule has 14 heavy (non-hydrogen) atoms. The third-order valence-electron chi connectivity index (χ3n) is 1.75. The fourth-order valence-corrected chi connectivity index (χ4v) is 0.965. The van der Waals surface area contributed by atoms with Gasteiger partial charge in [0.25, 0.3) is 5.91 Å². The first-order valence-corrected chi connectivity index (χ1v) is 4.64. The second-order valence-corrected chi connectivity index (χ2v) is 3.24. The number of hydrogen-bond acceptors (Lipinski definition) is 4. The molecule has 0 aromatic rings. The number of carbonyl (C=O) groups excluding carboxylic acids is 1. The first-order chi connectivity index (χ1) is 6.61. The van der Waals surface area contributed by atoms with E-state index in [9.17, 15) is 4.79 Å². The summed E-state index contributed by atoms with van der Waals surface area (Å²) in [6.07, 6.45) is 2.20. The van der Waals surface area contributed by atoms with Crippen LogP contribution >= 0.6 is 0 Å². The van der Waals surface area contributed by atoms with Crippen molar-refractivity contribution in [2.24, 2.45) is 5.73 Å². The Hall–Kier alpha value is -1.23. The molecule has 0 aliphatic carbocycles. The van der Waals surface area contributed by atoms with Gasteiger partial charge in [0.2, 0.25) is 0 Å². The molecule has 0 aromatic heterocycles. The Morgan fingerprint density at radius 1 is 1.50 bits per heavy atom. The summed E-state index contributed by atoms with van der Waals surface area (Å²) >= 11 is 0. The summed E-state index contributed by atoms with van der Waals surface area (Å²) in [5, 5.41) is 5.48. The van der Waals surface area contributed by atoms with Crippen LogP contribution in [0.3, 0.4) is 0 Å². The van der Waals surface area contributed by atoms with Gasteiger partial charge in [0, 0.05) is 19.8 Å². The molecule has 0 heterocycles. The van der Waals surface area contributed by atoms with Crippen LogP contribution in [0.1, 0.15) is 6.42 Å². The van der Waals surface area contributed by atoms with Crippen LogP contribution in [-0.4, -0.2) is 45.0 Å². The van der Waals surface area contributed by atoms with Gasteiger partial charge in [-0.1, -0.05) is 0 Å². The van der Waals surface area contributed by atoms with Crippen molar-refractivity contribution < 1.29 is 4.79 Å². The van der Waals surface area contributed by atoms with Crippen molar-refractivity contribution in [3.8, 4) is 0 Å². The minimum absolute atomic E-state index is 0.159. The van der Waals surface area contributed by atoms with Gasteiger partial charge in [-0.05, 0) is 27.1 Å². The summed E-state index contributed by atoms with van der Waals surface area (Å²) < 4.78 is 0. The summed E-state index contributed by atoms with van der Waals surface area (Å²) in [5.41, 5.74) is 5.64. The molecule has 5 heteroatoms. The highest BCUT2D eigenvalue weighted by molar-refractivity contribution is 5.92. The first-order valence-electron chi connectivity index (χ1n) is 4.64. The smallest absolute Gasteiger partial charge is 0.268 e. The molecule has 4 N–H and O–H groups in total. The van der Waals surface area contributed by atoms with Crippen LogP contribution in [0.5, 0.6) is 0 Å². The number of hydrogen-bond donors (Lipinski definition) is 3. The molecule has 0 fully saturated rings. The van der Waals surface area contributed by atoms with Crippen LogP contribution in [0.15, 0.2) is 11.9 Å². The van der Waals surface area contributed by atoms with Gasteiger partial charge in [0.15, 0.2) is 0 Å². The maximum absolute atomic E-state index is 11.3. The highest BCUT2D eigenvalue weighted by Crippen LogP contribution is 1.86. The largest absolute Gasteiger partial charge is 0.403 e. The van der Waals surface area contributed by atoms with Crippen molar-refractivity contribution in [1.29, 1.82) is 0 Å². The van der Waals surface area contributed by atoms with E-state index < -0.39 is 0 Å². The van der Waals surface area contributed by atoms with Crippen molar-refractivity contribution in [2.45, 2.75) is 6.42 Å². The van der Waals surface area contributed by atoms with Gasteiger partial charge in [-0.2, -0.15) is 0 Å². The molecule has 0 rings (SSSR count). The molecule has 0 saturated heterocycles. The van der Waals surface area contributed by atoms with E-state index in [1.807, 2.05) is 14.1 Å². The Morgan fingerprint density at radius 2 is 2.14 bits per heavy atom. The minimum Gasteiger partial charge on any atom is -0.403 e. The van der Waals surface area contributed by atoms with E-state index in [0.29, 0.717) is 12.2 Å². The maximum atomic E-state index is 11.3. The van der Waals surface area contributed by atoms with E-state index in [-0.39, 0.29) is 5.91 Å². The first kappa shape index (κ1) is 12.8. The van der Waals surface area contributed by atoms with Crippen LogP contribution in [0, 0.1) is 0 Å². The second kappa shape index (κ2) is 7.20. The predicted octanol–water partition coefficient (Wildman–Crippen LogP) is -0.926. The maximum Gasteiger partial charge on any atom is 0.268 e. The third kappa shape index (κ3) is 5.42. The number of nitrogens with one attached hydrogen (secondary N) is 2. The molecule has 0 saturated carbocycles. The van der Waals surface area contributed by atoms with Gasteiger partial charge in [-0.15, -0.1) is 0 Å². The molecule has 0 aliphatic heterocycles. The van der Waals surface area contributed by atoms with E-state index in [1.165, 1.54) is 6.20 Å². The number of likely N-dealkylation sites (N-methyl/N-ethyl adjacent to an activating group) is 1. The molecular formula is C9H20N4O.